The van der Waals surface area contributed by atoms with Gasteiger partial charge in [0, 0.05) is 12.8 Å². The van der Waals surface area contributed by atoms with Crippen LogP contribution in [0.3, 0.4) is 0 Å². The zero-order valence-electron chi connectivity index (χ0n) is 46.0. The number of unbranched alkanes of at least 4 members (excludes halogenated alkanes) is 22. The molecule has 0 aromatic heterocycles. The monoisotopic (exact) mass is 1000 g/mol. The number of allylic oxidation sites excluding steroid dienone is 13. The predicted octanol–water partition coefficient (Wildman–Crippen LogP) is 17.0. The summed E-state index contributed by atoms with van der Waals surface area (Å²) in [4.78, 5) is 37.5. The first-order valence-electron chi connectivity index (χ1n) is 28.4. The average Bonchev–Trinajstić information content (AvgIpc) is 3.32. The molecule has 0 bridgehead atoms. The highest BCUT2D eigenvalue weighted by atomic mass is 31.2. The van der Waals surface area contributed by atoms with Crippen molar-refractivity contribution in [2.75, 3.05) is 40.9 Å². The van der Waals surface area contributed by atoms with Crippen molar-refractivity contribution in [2.45, 2.75) is 245 Å². The Morgan fingerprint density at radius 1 is 0.514 bits per heavy atom. The highest BCUT2D eigenvalue weighted by Crippen LogP contribution is 2.43. The number of rotatable bonds is 50. The van der Waals surface area contributed by atoms with Gasteiger partial charge in [-0.3, -0.25) is 18.6 Å². The van der Waals surface area contributed by atoms with Crippen molar-refractivity contribution >= 4 is 19.7 Å². The van der Waals surface area contributed by atoms with Gasteiger partial charge in [-0.1, -0.05) is 209 Å². The molecular formula is C60H108N2O7P+. The first-order valence-corrected chi connectivity index (χ1v) is 29.9. The van der Waals surface area contributed by atoms with Crippen LogP contribution in [0.4, 0.5) is 0 Å². The lowest BCUT2D eigenvalue weighted by atomic mass is 10.0. The molecule has 0 aromatic rings. The maximum atomic E-state index is 13.5. The van der Waals surface area contributed by atoms with Gasteiger partial charge in [0.2, 0.25) is 5.91 Å². The van der Waals surface area contributed by atoms with Gasteiger partial charge in [0.15, 0.2) is 0 Å². The molecule has 3 unspecified atom stereocenters. The fourth-order valence-electron chi connectivity index (χ4n) is 7.67. The molecular weight excluding hydrogens is 892 g/mol. The first-order chi connectivity index (χ1) is 33.9. The fraction of sp³-hybridized carbons (Fsp3) is 0.733. The summed E-state index contributed by atoms with van der Waals surface area (Å²) in [6.07, 6.45) is 64.4. The maximum Gasteiger partial charge on any atom is 0.472 e. The molecule has 0 aromatic carbocycles. The number of carbonyl (C=O) groups excluding carboxylic acids is 2. The van der Waals surface area contributed by atoms with Gasteiger partial charge in [-0.25, -0.2) is 4.57 Å². The minimum absolute atomic E-state index is 0.0274. The SMILES string of the molecule is CC/C=C\C/C=C\C/C=C\C/C=C\C/C=C\CCCC(=O)OC(/C=C/CCCCCCCCCCCC)C(COP(=O)(O)OCC[N+](C)(C)C)NC(=O)CCCCCCCCC/C=C\CCCCCC. The Kier molecular flexibility index (Phi) is 47.8. The zero-order valence-corrected chi connectivity index (χ0v) is 46.9. The predicted molar refractivity (Wildman–Crippen MR) is 300 cm³/mol. The molecule has 0 radical (unpaired) electrons. The van der Waals surface area contributed by atoms with Crippen molar-refractivity contribution in [1.82, 2.24) is 5.32 Å². The summed E-state index contributed by atoms with van der Waals surface area (Å²) in [6.45, 7) is 6.83. The van der Waals surface area contributed by atoms with Crippen LogP contribution in [0, 0.1) is 0 Å². The number of nitrogens with zero attached hydrogens (tertiary/aromatic N) is 1. The van der Waals surface area contributed by atoms with Gasteiger partial charge in [0.1, 0.15) is 19.3 Å². The number of hydrogen-bond donors (Lipinski definition) is 2. The number of likely N-dealkylation sites (N-methyl/N-ethyl adjacent to an activating group) is 1. The Hall–Kier alpha value is -2.81. The van der Waals surface area contributed by atoms with E-state index in [1.54, 1.807) is 0 Å². The zero-order chi connectivity index (χ0) is 51.5. The number of amides is 1. The van der Waals surface area contributed by atoms with E-state index in [0.29, 0.717) is 23.9 Å². The van der Waals surface area contributed by atoms with Crippen molar-refractivity contribution in [1.29, 1.82) is 0 Å². The van der Waals surface area contributed by atoms with Gasteiger partial charge >= 0.3 is 13.8 Å². The lowest BCUT2D eigenvalue weighted by Crippen LogP contribution is -2.47. The van der Waals surface area contributed by atoms with Gasteiger partial charge in [-0.2, -0.15) is 0 Å². The molecule has 0 aliphatic carbocycles. The standard InChI is InChI=1S/C60H107N2O7P/c1-7-10-13-16-19-22-25-28-30-31-33-35-38-41-44-47-50-53-60(64)69-58(51-48-45-42-39-36-27-24-21-18-15-12-9-3)57(56-68-70(65,66)67-55-54-62(4,5)6)61-59(63)52-49-46-43-40-37-34-32-29-26-23-20-17-14-11-8-2/h10,13,19,22-23,26,28,30,33,35,41,44,48,51,57-58H,7-9,11-12,14-18,20-21,24-25,27,29,31-32,34,36-40,42-43,45-47,49-50,52-56H2,1-6H3,(H-,61,63,65,66)/p+1/b13-10-,22-19-,26-23-,30-28-,35-33-,44-41-,51-48+. The third-order valence-corrected chi connectivity index (χ3v) is 13.1. The number of phosphoric acid groups is 1. The minimum Gasteiger partial charge on any atom is -0.456 e. The first kappa shape index (κ1) is 67.2. The van der Waals surface area contributed by atoms with E-state index in [2.05, 4.69) is 99.0 Å². The van der Waals surface area contributed by atoms with E-state index in [1.165, 1.54) is 103 Å². The number of esters is 1. The lowest BCUT2D eigenvalue weighted by Gasteiger charge is -2.27. The third-order valence-electron chi connectivity index (χ3n) is 12.1. The summed E-state index contributed by atoms with van der Waals surface area (Å²) in [5.74, 6) is -0.582. The summed E-state index contributed by atoms with van der Waals surface area (Å²) in [7, 11) is 1.45. The molecule has 2 N–H and O–H groups in total. The molecule has 404 valence electrons. The van der Waals surface area contributed by atoms with Crippen molar-refractivity contribution in [2.24, 2.45) is 0 Å². The van der Waals surface area contributed by atoms with E-state index in [0.717, 1.165) is 89.9 Å². The molecule has 0 fully saturated rings. The molecule has 0 spiro atoms. The van der Waals surface area contributed by atoms with Gasteiger partial charge < -0.3 is 19.4 Å². The van der Waals surface area contributed by atoms with Crippen LogP contribution in [0.2, 0.25) is 0 Å². The number of carbonyl (C=O) groups is 2. The van der Waals surface area contributed by atoms with Crippen molar-refractivity contribution in [3.8, 4) is 0 Å². The van der Waals surface area contributed by atoms with E-state index in [4.69, 9.17) is 13.8 Å². The van der Waals surface area contributed by atoms with Crippen LogP contribution in [-0.2, 0) is 27.9 Å². The lowest BCUT2D eigenvalue weighted by molar-refractivity contribution is -0.870. The van der Waals surface area contributed by atoms with Gasteiger partial charge in [-0.05, 0) is 96.0 Å². The van der Waals surface area contributed by atoms with Crippen molar-refractivity contribution < 1.29 is 37.3 Å². The molecule has 10 heteroatoms. The molecule has 0 saturated carbocycles. The van der Waals surface area contributed by atoms with Crippen molar-refractivity contribution in [3.05, 3.63) is 85.1 Å². The summed E-state index contributed by atoms with van der Waals surface area (Å²) in [6, 6.07) is -0.876. The van der Waals surface area contributed by atoms with E-state index in [-0.39, 0.29) is 31.5 Å². The third kappa shape index (κ3) is 50.1. The molecule has 9 nitrogen and oxygen atoms in total. The van der Waals surface area contributed by atoms with E-state index >= 15 is 0 Å². The normalized spacial score (nSPS) is 14.4. The van der Waals surface area contributed by atoms with Crippen molar-refractivity contribution in [3.63, 3.8) is 0 Å². The average molecular weight is 1000 g/mol. The van der Waals surface area contributed by atoms with E-state index in [1.807, 2.05) is 33.3 Å². The number of phosphoric ester groups is 1. The van der Waals surface area contributed by atoms with Crippen LogP contribution in [0.5, 0.6) is 0 Å². The van der Waals surface area contributed by atoms with E-state index < -0.39 is 20.0 Å². The second-order valence-corrected chi connectivity index (χ2v) is 21.5. The maximum absolute atomic E-state index is 13.5. The molecule has 1 amide bonds. The number of nitrogens with one attached hydrogen (secondary N) is 1. The molecule has 0 rings (SSSR count). The highest BCUT2D eigenvalue weighted by molar-refractivity contribution is 7.47. The van der Waals surface area contributed by atoms with Gasteiger partial charge in [-0.15, -0.1) is 0 Å². The molecule has 0 aliphatic rings. The molecule has 0 saturated heterocycles. The molecule has 0 heterocycles. The summed E-state index contributed by atoms with van der Waals surface area (Å²) in [5, 5.41) is 3.03. The second-order valence-electron chi connectivity index (χ2n) is 20.1. The minimum atomic E-state index is -4.46. The fourth-order valence-corrected chi connectivity index (χ4v) is 8.41. The second kappa shape index (κ2) is 49.8. The summed E-state index contributed by atoms with van der Waals surface area (Å²) in [5.41, 5.74) is 0. The largest absolute Gasteiger partial charge is 0.472 e. The number of quaternary nitrogens is 1. The highest BCUT2D eigenvalue weighted by Gasteiger charge is 2.30. The molecule has 70 heavy (non-hydrogen) atoms. The quantitative estimate of drug-likeness (QED) is 0.0205. The van der Waals surface area contributed by atoms with Gasteiger partial charge in [0.25, 0.3) is 0 Å². The smallest absolute Gasteiger partial charge is 0.456 e. The number of hydrogen-bond acceptors (Lipinski definition) is 6. The van der Waals surface area contributed by atoms with Crippen LogP contribution in [0.25, 0.3) is 0 Å². The molecule has 0 aliphatic heterocycles. The Morgan fingerprint density at radius 3 is 1.43 bits per heavy atom. The Balaban J connectivity index is 5.47. The van der Waals surface area contributed by atoms with Crippen LogP contribution in [0.1, 0.15) is 233 Å². The Labute approximate surface area is 431 Å². The van der Waals surface area contributed by atoms with E-state index in [9.17, 15) is 19.0 Å². The van der Waals surface area contributed by atoms with Crippen LogP contribution in [0.15, 0.2) is 85.1 Å². The van der Waals surface area contributed by atoms with Gasteiger partial charge in [0.05, 0.1) is 33.8 Å². The van der Waals surface area contributed by atoms with Crippen LogP contribution in [-0.4, -0.2) is 74.3 Å². The molecule has 3 atom stereocenters. The number of ether oxygens (including phenoxy) is 1. The van der Waals surface area contributed by atoms with Crippen LogP contribution >= 0.6 is 7.82 Å². The van der Waals surface area contributed by atoms with Crippen LogP contribution < -0.4 is 5.32 Å². The topological polar surface area (TPSA) is 111 Å². The summed E-state index contributed by atoms with van der Waals surface area (Å²) < 4.78 is 30.5. The summed E-state index contributed by atoms with van der Waals surface area (Å²) >= 11 is 0. The Bertz CT molecular complexity index is 1480. The Morgan fingerprint density at radius 2 is 0.929 bits per heavy atom.